The number of likely N-dealkylation sites (tertiary alicyclic amines) is 1. The molecule has 1 aromatic carbocycles. The first-order valence-corrected chi connectivity index (χ1v) is 9.97. The lowest BCUT2D eigenvalue weighted by molar-refractivity contribution is -0.140. The van der Waals surface area contributed by atoms with Crippen LogP contribution >= 0.6 is 0 Å². The van der Waals surface area contributed by atoms with E-state index in [1.807, 2.05) is 44.2 Å². The maximum atomic E-state index is 13.1. The summed E-state index contributed by atoms with van der Waals surface area (Å²) >= 11 is 0. The van der Waals surface area contributed by atoms with Crippen molar-refractivity contribution in [2.45, 2.75) is 58.7 Å². The number of benzene rings is 1. The molecule has 1 saturated heterocycles. The van der Waals surface area contributed by atoms with Gasteiger partial charge in [0.05, 0.1) is 6.61 Å². The molecule has 0 unspecified atom stereocenters. The fraction of sp³-hybridized carbons (Fsp3) is 0.571. The molecule has 0 saturated carbocycles. The molecule has 1 fully saturated rings. The quantitative estimate of drug-likeness (QED) is 0.715. The van der Waals surface area contributed by atoms with Gasteiger partial charge in [-0.15, -0.1) is 0 Å². The number of amides is 3. The van der Waals surface area contributed by atoms with E-state index in [0.29, 0.717) is 25.9 Å². The zero-order valence-electron chi connectivity index (χ0n) is 16.9. The van der Waals surface area contributed by atoms with Gasteiger partial charge in [-0.3, -0.25) is 9.59 Å². The minimum Gasteiger partial charge on any atom is -0.450 e. The highest BCUT2D eigenvalue weighted by Gasteiger charge is 2.37. The summed E-state index contributed by atoms with van der Waals surface area (Å²) < 4.78 is 4.93. The van der Waals surface area contributed by atoms with Crippen molar-refractivity contribution in [1.82, 2.24) is 15.5 Å². The van der Waals surface area contributed by atoms with Crippen LogP contribution in [0, 0.1) is 5.92 Å². The van der Waals surface area contributed by atoms with Gasteiger partial charge >= 0.3 is 6.09 Å². The predicted octanol–water partition coefficient (Wildman–Crippen LogP) is 2.45. The highest BCUT2D eigenvalue weighted by atomic mass is 16.5. The van der Waals surface area contributed by atoms with Crippen molar-refractivity contribution < 1.29 is 19.1 Å². The lowest BCUT2D eigenvalue weighted by atomic mass is 10.0. The summed E-state index contributed by atoms with van der Waals surface area (Å²) in [6, 6.07) is 8.46. The van der Waals surface area contributed by atoms with Gasteiger partial charge in [0, 0.05) is 13.1 Å². The summed E-state index contributed by atoms with van der Waals surface area (Å²) in [5.41, 5.74) is 1.01. The third-order valence-electron chi connectivity index (χ3n) is 4.72. The summed E-state index contributed by atoms with van der Waals surface area (Å²) in [7, 11) is 0. The van der Waals surface area contributed by atoms with Gasteiger partial charge in [-0.2, -0.15) is 0 Å². The van der Waals surface area contributed by atoms with Gasteiger partial charge in [0.1, 0.15) is 12.1 Å². The molecule has 7 heteroatoms. The normalized spacial score (nSPS) is 17.3. The molecule has 1 heterocycles. The molecule has 2 N–H and O–H groups in total. The molecule has 0 bridgehead atoms. The first-order chi connectivity index (χ1) is 13.4. The van der Waals surface area contributed by atoms with Gasteiger partial charge in [0.2, 0.25) is 11.8 Å². The van der Waals surface area contributed by atoms with E-state index >= 15 is 0 Å². The minimum atomic E-state index is -0.693. The second kappa shape index (κ2) is 10.7. The molecule has 28 heavy (non-hydrogen) atoms. The monoisotopic (exact) mass is 389 g/mol. The van der Waals surface area contributed by atoms with Crippen LogP contribution in [0.25, 0.3) is 0 Å². The van der Waals surface area contributed by atoms with Crippen molar-refractivity contribution in [1.29, 1.82) is 0 Å². The molecule has 0 spiro atoms. The first kappa shape index (κ1) is 21.7. The average molecular weight is 389 g/mol. The fourth-order valence-corrected chi connectivity index (χ4v) is 3.41. The largest absolute Gasteiger partial charge is 0.450 e. The van der Waals surface area contributed by atoms with Gasteiger partial charge < -0.3 is 20.3 Å². The third-order valence-corrected chi connectivity index (χ3v) is 4.72. The lowest BCUT2D eigenvalue weighted by Gasteiger charge is -2.29. The van der Waals surface area contributed by atoms with Gasteiger partial charge in [-0.05, 0) is 37.7 Å². The van der Waals surface area contributed by atoms with E-state index in [9.17, 15) is 14.4 Å². The Kier molecular flexibility index (Phi) is 8.29. The van der Waals surface area contributed by atoms with E-state index in [1.54, 1.807) is 11.8 Å². The number of carbonyl (C=O) groups is 3. The fourth-order valence-electron chi connectivity index (χ4n) is 3.41. The van der Waals surface area contributed by atoms with Gasteiger partial charge in [0.25, 0.3) is 0 Å². The topological polar surface area (TPSA) is 87.7 Å². The Labute approximate surface area is 166 Å². The maximum absolute atomic E-state index is 13.1. The number of nitrogens with zero attached hydrogens (tertiary/aromatic N) is 1. The smallest absolute Gasteiger partial charge is 0.407 e. The third kappa shape index (κ3) is 6.25. The number of hydrogen-bond donors (Lipinski definition) is 2. The summed E-state index contributed by atoms with van der Waals surface area (Å²) in [6.07, 6.45) is 1.28. The van der Waals surface area contributed by atoms with Gasteiger partial charge in [0.15, 0.2) is 0 Å². The Hall–Kier alpha value is -2.57. The van der Waals surface area contributed by atoms with Crippen molar-refractivity contribution in [2.75, 3.05) is 13.2 Å². The first-order valence-electron chi connectivity index (χ1n) is 9.97. The number of carbonyl (C=O) groups excluding carboxylic acids is 3. The Morgan fingerprint density at radius 3 is 2.57 bits per heavy atom. The van der Waals surface area contributed by atoms with Crippen molar-refractivity contribution in [3.05, 3.63) is 35.9 Å². The number of alkyl carbamates (subject to hydrolysis) is 1. The van der Waals surface area contributed by atoms with E-state index in [1.165, 1.54) is 0 Å². The molecular weight excluding hydrogens is 358 g/mol. The summed E-state index contributed by atoms with van der Waals surface area (Å²) in [4.78, 5) is 39.2. The van der Waals surface area contributed by atoms with E-state index in [4.69, 9.17) is 4.74 Å². The van der Waals surface area contributed by atoms with Crippen LogP contribution in [0.4, 0.5) is 4.79 Å². The molecule has 1 aliphatic rings. The summed E-state index contributed by atoms with van der Waals surface area (Å²) in [6.45, 7) is 6.87. The van der Waals surface area contributed by atoms with E-state index in [2.05, 4.69) is 10.6 Å². The van der Waals surface area contributed by atoms with E-state index < -0.39 is 18.2 Å². The summed E-state index contributed by atoms with van der Waals surface area (Å²) in [5.74, 6) is -0.169. The molecule has 0 radical (unpaired) electrons. The number of rotatable bonds is 8. The molecule has 1 aromatic rings. The summed E-state index contributed by atoms with van der Waals surface area (Å²) in [5, 5.41) is 5.58. The molecule has 2 atom stereocenters. The van der Waals surface area contributed by atoms with Crippen LogP contribution in [0.5, 0.6) is 0 Å². The van der Waals surface area contributed by atoms with Crippen molar-refractivity contribution in [3.8, 4) is 0 Å². The van der Waals surface area contributed by atoms with Crippen molar-refractivity contribution >= 4 is 17.9 Å². The zero-order valence-corrected chi connectivity index (χ0v) is 16.9. The number of hydrogen-bond acceptors (Lipinski definition) is 4. The van der Waals surface area contributed by atoms with Gasteiger partial charge in [-0.25, -0.2) is 4.79 Å². The van der Waals surface area contributed by atoms with E-state index in [0.717, 1.165) is 12.0 Å². The zero-order chi connectivity index (χ0) is 20.5. The van der Waals surface area contributed by atoms with Crippen LogP contribution in [0.1, 0.15) is 45.6 Å². The Balaban J connectivity index is 2.01. The predicted molar refractivity (Wildman–Crippen MR) is 106 cm³/mol. The van der Waals surface area contributed by atoms with Gasteiger partial charge in [-0.1, -0.05) is 44.2 Å². The molecule has 7 nitrogen and oxygen atoms in total. The molecular formula is C21H31N3O4. The van der Waals surface area contributed by atoms with Crippen LogP contribution in [-0.2, 0) is 20.9 Å². The molecule has 154 valence electrons. The highest BCUT2D eigenvalue weighted by Crippen LogP contribution is 2.20. The van der Waals surface area contributed by atoms with Crippen LogP contribution in [0.2, 0.25) is 0 Å². The molecule has 0 aliphatic carbocycles. The standard InChI is InChI=1S/C21H31N3O4/c1-4-28-21(27)23-17(13-15(2)3)20(26)24-12-8-11-18(24)19(25)22-14-16-9-6-5-7-10-16/h5-7,9-10,15,17-18H,4,8,11-14H2,1-3H3,(H,22,25)(H,23,27)/t17-,18-/m0/s1. The number of ether oxygens (including phenoxy) is 1. The maximum Gasteiger partial charge on any atom is 0.407 e. The van der Waals surface area contributed by atoms with E-state index in [-0.39, 0.29) is 24.3 Å². The van der Waals surface area contributed by atoms with Crippen LogP contribution in [-0.4, -0.2) is 48.0 Å². The van der Waals surface area contributed by atoms with Crippen LogP contribution < -0.4 is 10.6 Å². The average Bonchev–Trinajstić information content (AvgIpc) is 3.15. The highest BCUT2D eigenvalue weighted by molar-refractivity contribution is 5.91. The van der Waals surface area contributed by atoms with Crippen molar-refractivity contribution in [3.63, 3.8) is 0 Å². The molecule has 1 aliphatic heterocycles. The SMILES string of the molecule is CCOC(=O)N[C@@H](CC(C)C)C(=O)N1CCC[C@H]1C(=O)NCc1ccccc1. The van der Waals surface area contributed by atoms with Crippen LogP contribution in [0.15, 0.2) is 30.3 Å². The Bertz CT molecular complexity index is 663. The minimum absolute atomic E-state index is 0.158. The Morgan fingerprint density at radius 2 is 1.93 bits per heavy atom. The molecule has 2 rings (SSSR count). The van der Waals surface area contributed by atoms with Crippen LogP contribution in [0.3, 0.4) is 0 Å². The molecule has 0 aromatic heterocycles. The second-order valence-electron chi connectivity index (χ2n) is 7.44. The number of nitrogens with one attached hydrogen (secondary N) is 2. The Morgan fingerprint density at radius 1 is 1.21 bits per heavy atom. The molecule has 3 amide bonds. The second-order valence-corrected chi connectivity index (χ2v) is 7.44. The van der Waals surface area contributed by atoms with Crippen molar-refractivity contribution in [2.24, 2.45) is 5.92 Å². The lowest BCUT2D eigenvalue weighted by Crippen LogP contribution is -2.53.